The summed E-state index contributed by atoms with van der Waals surface area (Å²) in [5, 5.41) is 10.1. The number of aromatic nitrogens is 3. The molecule has 0 aliphatic carbocycles. The van der Waals surface area contributed by atoms with E-state index < -0.39 is 0 Å². The molecule has 2 aliphatic rings. The first-order valence-electron chi connectivity index (χ1n) is 8.76. The maximum absolute atomic E-state index is 12.6. The summed E-state index contributed by atoms with van der Waals surface area (Å²) in [5.41, 5.74) is 0.974. The lowest BCUT2D eigenvalue weighted by molar-refractivity contribution is -0.135. The van der Waals surface area contributed by atoms with Crippen molar-refractivity contribution in [3.63, 3.8) is 0 Å². The Morgan fingerprint density at radius 2 is 2.04 bits per heavy atom. The zero-order valence-electron chi connectivity index (χ0n) is 13.9. The van der Waals surface area contributed by atoms with Crippen LogP contribution < -0.4 is 5.32 Å². The molecular formula is C18H21N5O2. The fourth-order valence-electron chi connectivity index (χ4n) is 3.59. The SMILES string of the molecule is O=C1CC[C@H](C(=O)N2CCCC(c3nc(-c4ccccc4)n[nH]3)C2)N1. The van der Waals surface area contributed by atoms with Gasteiger partial charge in [0.15, 0.2) is 5.82 Å². The van der Waals surface area contributed by atoms with Crippen LogP contribution >= 0.6 is 0 Å². The minimum atomic E-state index is -0.360. The number of aromatic amines is 1. The maximum Gasteiger partial charge on any atom is 0.245 e. The highest BCUT2D eigenvalue weighted by Gasteiger charge is 2.34. The van der Waals surface area contributed by atoms with Crippen molar-refractivity contribution < 1.29 is 9.59 Å². The topological polar surface area (TPSA) is 91.0 Å². The van der Waals surface area contributed by atoms with Crippen LogP contribution in [0.2, 0.25) is 0 Å². The molecule has 7 heteroatoms. The van der Waals surface area contributed by atoms with Crippen LogP contribution in [0.25, 0.3) is 11.4 Å². The van der Waals surface area contributed by atoms with Crippen LogP contribution in [0.4, 0.5) is 0 Å². The van der Waals surface area contributed by atoms with Gasteiger partial charge in [-0.3, -0.25) is 14.7 Å². The summed E-state index contributed by atoms with van der Waals surface area (Å²) in [7, 11) is 0. The van der Waals surface area contributed by atoms with Crippen LogP contribution in [-0.4, -0.2) is 51.0 Å². The third kappa shape index (κ3) is 3.26. The summed E-state index contributed by atoms with van der Waals surface area (Å²) < 4.78 is 0. The number of amides is 2. The molecule has 0 radical (unpaired) electrons. The van der Waals surface area contributed by atoms with Crippen molar-refractivity contribution >= 4 is 11.8 Å². The van der Waals surface area contributed by atoms with E-state index in [4.69, 9.17) is 0 Å². The number of carbonyl (C=O) groups excluding carboxylic acids is 2. The van der Waals surface area contributed by atoms with Crippen LogP contribution in [0, 0.1) is 0 Å². The summed E-state index contributed by atoms with van der Waals surface area (Å²) in [6.45, 7) is 1.36. The molecule has 1 aromatic carbocycles. The van der Waals surface area contributed by atoms with E-state index in [2.05, 4.69) is 20.5 Å². The lowest BCUT2D eigenvalue weighted by atomic mass is 9.96. The summed E-state index contributed by atoms with van der Waals surface area (Å²) >= 11 is 0. The van der Waals surface area contributed by atoms with Gasteiger partial charge in [0, 0.05) is 31.0 Å². The number of H-pyrrole nitrogens is 1. The second-order valence-electron chi connectivity index (χ2n) is 6.69. The molecule has 2 N–H and O–H groups in total. The Labute approximate surface area is 145 Å². The summed E-state index contributed by atoms with van der Waals surface area (Å²) in [5.74, 6) is 1.65. The van der Waals surface area contributed by atoms with Gasteiger partial charge in [-0.1, -0.05) is 30.3 Å². The quantitative estimate of drug-likeness (QED) is 0.886. The number of nitrogens with zero attached hydrogens (tertiary/aromatic N) is 3. The molecule has 2 amide bonds. The summed E-state index contributed by atoms with van der Waals surface area (Å²) in [6.07, 6.45) is 2.94. The fraction of sp³-hybridized carbons (Fsp3) is 0.444. The maximum atomic E-state index is 12.6. The Morgan fingerprint density at radius 3 is 2.80 bits per heavy atom. The van der Waals surface area contributed by atoms with Crippen LogP contribution in [0.1, 0.15) is 37.4 Å². The van der Waals surface area contributed by atoms with E-state index in [9.17, 15) is 9.59 Å². The first kappa shape index (κ1) is 15.8. The highest BCUT2D eigenvalue weighted by atomic mass is 16.2. The first-order valence-corrected chi connectivity index (χ1v) is 8.76. The van der Waals surface area contributed by atoms with Crippen molar-refractivity contribution in [3.05, 3.63) is 36.2 Å². The Balaban J connectivity index is 1.45. The van der Waals surface area contributed by atoms with Gasteiger partial charge in [-0.25, -0.2) is 4.98 Å². The standard InChI is InChI=1S/C18H21N5O2/c24-15-9-8-14(19-15)18(25)23-10-4-7-13(11-23)17-20-16(21-22-17)12-5-2-1-3-6-12/h1-3,5-6,13-14H,4,7-11H2,(H,19,24)(H,20,21,22)/t13?,14-/m1/s1. The van der Waals surface area contributed by atoms with Crippen molar-refractivity contribution in [2.75, 3.05) is 13.1 Å². The van der Waals surface area contributed by atoms with Crippen molar-refractivity contribution in [1.29, 1.82) is 0 Å². The van der Waals surface area contributed by atoms with E-state index in [0.717, 1.165) is 30.8 Å². The molecule has 2 saturated heterocycles. The van der Waals surface area contributed by atoms with Crippen molar-refractivity contribution in [1.82, 2.24) is 25.4 Å². The Bertz CT molecular complexity index is 773. The van der Waals surface area contributed by atoms with Gasteiger partial charge in [-0.2, -0.15) is 5.10 Å². The van der Waals surface area contributed by atoms with Crippen LogP contribution in [-0.2, 0) is 9.59 Å². The van der Waals surface area contributed by atoms with Gasteiger partial charge >= 0.3 is 0 Å². The first-order chi connectivity index (χ1) is 12.2. The molecule has 2 fully saturated rings. The number of piperidine rings is 1. The predicted molar refractivity (Wildman–Crippen MR) is 91.5 cm³/mol. The lowest BCUT2D eigenvalue weighted by Gasteiger charge is -2.33. The second kappa shape index (κ2) is 6.66. The molecule has 0 spiro atoms. The minimum Gasteiger partial charge on any atom is -0.344 e. The van der Waals surface area contributed by atoms with Gasteiger partial charge in [0.2, 0.25) is 11.8 Å². The van der Waals surface area contributed by atoms with Crippen molar-refractivity contribution in [2.24, 2.45) is 0 Å². The largest absolute Gasteiger partial charge is 0.344 e. The smallest absolute Gasteiger partial charge is 0.245 e. The molecule has 3 heterocycles. The van der Waals surface area contributed by atoms with Gasteiger partial charge in [0.05, 0.1) is 0 Å². The van der Waals surface area contributed by atoms with Crippen LogP contribution in [0.15, 0.2) is 30.3 Å². The lowest BCUT2D eigenvalue weighted by Crippen LogP contribution is -2.48. The minimum absolute atomic E-state index is 0.0262. The number of benzene rings is 1. The van der Waals surface area contributed by atoms with Crippen LogP contribution in [0.5, 0.6) is 0 Å². The molecule has 1 unspecified atom stereocenters. The van der Waals surface area contributed by atoms with Gasteiger partial charge in [0.25, 0.3) is 0 Å². The number of hydrogen-bond donors (Lipinski definition) is 2. The summed E-state index contributed by atoms with van der Waals surface area (Å²) in [6, 6.07) is 9.48. The van der Waals surface area contributed by atoms with Crippen molar-refractivity contribution in [3.8, 4) is 11.4 Å². The molecule has 2 aromatic rings. The predicted octanol–water partition coefficient (Wildman–Crippen LogP) is 1.46. The molecule has 0 bridgehead atoms. The number of likely N-dealkylation sites (tertiary alicyclic amines) is 1. The Morgan fingerprint density at radius 1 is 1.20 bits per heavy atom. The van der Waals surface area contributed by atoms with E-state index in [1.54, 1.807) is 0 Å². The average molecular weight is 339 g/mol. The molecule has 4 rings (SSSR count). The second-order valence-corrected chi connectivity index (χ2v) is 6.69. The molecule has 2 aliphatic heterocycles. The van der Waals surface area contributed by atoms with E-state index >= 15 is 0 Å². The van der Waals surface area contributed by atoms with E-state index in [0.29, 0.717) is 25.2 Å². The zero-order valence-corrected chi connectivity index (χ0v) is 13.9. The van der Waals surface area contributed by atoms with Gasteiger partial charge in [0.1, 0.15) is 11.9 Å². The monoisotopic (exact) mass is 339 g/mol. The van der Waals surface area contributed by atoms with E-state index in [-0.39, 0.29) is 23.8 Å². The number of carbonyl (C=O) groups is 2. The molecular weight excluding hydrogens is 318 g/mol. The summed E-state index contributed by atoms with van der Waals surface area (Å²) in [4.78, 5) is 30.5. The molecule has 25 heavy (non-hydrogen) atoms. The van der Waals surface area contributed by atoms with Crippen molar-refractivity contribution in [2.45, 2.75) is 37.6 Å². The highest BCUT2D eigenvalue weighted by molar-refractivity contribution is 5.90. The average Bonchev–Trinajstić information content (AvgIpc) is 3.31. The Kier molecular flexibility index (Phi) is 4.21. The normalized spacial score (nSPS) is 23.5. The molecule has 2 atom stereocenters. The third-order valence-electron chi connectivity index (χ3n) is 4.95. The molecule has 0 saturated carbocycles. The molecule has 1 aromatic heterocycles. The van der Waals surface area contributed by atoms with E-state index in [1.165, 1.54) is 0 Å². The van der Waals surface area contributed by atoms with Gasteiger partial charge in [-0.05, 0) is 19.3 Å². The third-order valence-corrected chi connectivity index (χ3v) is 4.95. The zero-order chi connectivity index (χ0) is 17.2. The van der Waals surface area contributed by atoms with Crippen LogP contribution in [0.3, 0.4) is 0 Å². The molecule has 7 nitrogen and oxygen atoms in total. The van der Waals surface area contributed by atoms with Gasteiger partial charge < -0.3 is 10.2 Å². The number of rotatable bonds is 3. The Hall–Kier alpha value is -2.70. The van der Waals surface area contributed by atoms with Gasteiger partial charge in [-0.15, -0.1) is 0 Å². The highest BCUT2D eigenvalue weighted by Crippen LogP contribution is 2.27. The number of hydrogen-bond acceptors (Lipinski definition) is 4. The number of nitrogens with one attached hydrogen (secondary N) is 2. The van der Waals surface area contributed by atoms with E-state index in [1.807, 2.05) is 35.2 Å². The molecule has 130 valence electrons. The fourth-order valence-corrected chi connectivity index (χ4v) is 3.59.